The highest BCUT2D eigenvalue weighted by molar-refractivity contribution is 7.26. The van der Waals surface area contributed by atoms with Crippen LogP contribution in [0.5, 0.6) is 0 Å². The van der Waals surface area contributed by atoms with Gasteiger partial charge in [-0.25, -0.2) is 15.0 Å². The highest BCUT2D eigenvalue weighted by atomic mass is 32.1. The first-order chi connectivity index (χ1) is 23.3. The normalized spacial score (nSPS) is 11.8. The quantitative estimate of drug-likeness (QED) is 0.186. The van der Waals surface area contributed by atoms with Crippen molar-refractivity contribution in [1.29, 1.82) is 0 Å². The first-order valence-corrected chi connectivity index (χ1v) is 16.6. The van der Waals surface area contributed by atoms with Crippen LogP contribution in [0.1, 0.15) is 0 Å². The van der Waals surface area contributed by atoms with Crippen molar-refractivity contribution in [2.75, 3.05) is 0 Å². The molecule has 10 aromatic rings. The molecule has 0 bridgehead atoms. The van der Waals surface area contributed by atoms with Crippen LogP contribution in [0.2, 0.25) is 0 Å². The fourth-order valence-electron chi connectivity index (χ4n) is 6.96. The van der Waals surface area contributed by atoms with Gasteiger partial charge in [-0.15, -0.1) is 11.3 Å². The van der Waals surface area contributed by atoms with Gasteiger partial charge in [-0.1, -0.05) is 133 Å². The molecule has 3 nitrogen and oxygen atoms in total. The van der Waals surface area contributed by atoms with Crippen LogP contribution in [-0.2, 0) is 0 Å². The summed E-state index contributed by atoms with van der Waals surface area (Å²) in [5.74, 6) is 1.99. The van der Waals surface area contributed by atoms with Crippen molar-refractivity contribution in [3.8, 4) is 34.2 Å². The Morgan fingerprint density at radius 3 is 1.70 bits per heavy atom. The zero-order valence-corrected chi connectivity index (χ0v) is 26.0. The summed E-state index contributed by atoms with van der Waals surface area (Å²) in [5.41, 5.74) is 2.89. The summed E-state index contributed by atoms with van der Waals surface area (Å²) in [7, 11) is 0. The molecule has 2 heterocycles. The Kier molecular flexibility index (Phi) is 5.74. The van der Waals surface area contributed by atoms with Gasteiger partial charge in [0.05, 0.1) is 0 Å². The van der Waals surface area contributed by atoms with E-state index >= 15 is 0 Å². The minimum atomic E-state index is 0.661. The minimum Gasteiger partial charge on any atom is -0.208 e. The van der Waals surface area contributed by atoms with E-state index in [0.29, 0.717) is 17.5 Å². The van der Waals surface area contributed by atoms with Gasteiger partial charge in [0.15, 0.2) is 17.5 Å². The topological polar surface area (TPSA) is 38.7 Å². The molecule has 218 valence electrons. The van der Waals surface area contributed by atoms with Crippen LogP contribution in [0.4, 0.5) is 0 Å². The number of nitrogens with zero attached hydrogens (tertiary/aromatic N) is 3. The van der Waals surface area contributed by atoms with Crippen molar-refractivity contribution in [3.05, 3.63) is 152 Å². The lowest BCUT2D eigenvalue weighted by Gasteiger charge is -2.12. The second kappa shape index (κ2) is 10.3. The van der Waals surface area contributed by atoms with E-state index in [9.17, 15) is 0 Å². The van der Waals surface area contributed by atoms with E-state index in [-0.39, 0.29) is 0 Å². The molecule has 0 amide bonds. The van der Waals surface area contributed by atoms with Crippen molar-refractivity contribution in [3.63, 3.8) is 0 Å². The summed E-state index contributed by atoms with van der Waals surface area (Å²) in [4.78, 5) is 15.1. The summed E-state index contributed by atoms with van der Waals surface area (Å²) in [6, 6.07) is 53.8. The smallest absolute Gasteiger partial charge is 0.164 e. The molecule has 0 radical (unpaired) electrons. The molecule has 0 unspecified atom stereocenters. The molecular formula is C43H25N3S. The Morgan fingerprint density at radius 2 is 0.894 bits per heavy atom. The summed E-state index contributed by atoms with van der Waals surface area (Å²) < 4.78 is 2.66. The average Bonchev–Trinajstić information content (AvgIpc) is 3.53. The van der Waals surface area contributed by atoms with Gasteiger partial charge in [0, 0.05) is 42.2 Å². The molecule has 0 saturated heterocycles. The lowest BCUT2D eigenvalue weighted by Crippen LogP contribution is -2.00. The van der Waals surface area contributed by atoms with Crippen LogP contribution < -0.4 is 0 Å². The van der Waals surface area contributed by atoms with Crippen LogP contribution in [0.15, 0.2) is 152 Å². The first kappa shape index (κ1) is 26.3. The van der Waals surface area contributed by atoms with E-state index < -0.39 is 0 Å². The van der Waals surface area contributed by atoms with E-state index in [4.69, 9.17) is 15.0 Å². The zero-order chi connectivity index (χ0) is 30.9. The Bertz CT molecular complexity index is 2850. The maximum absolute atomic E-state index is 5.07. The number of aromatic nitrogens is 3. The van der Waals surface area contributed by atoms with Gasteiger partial charge in [-0.2, -0.15) is 0 Å². The summed E-state index contributed by atoms with van der Waals surface area (Å²) in [6.07, 6.45) is 0. The Balaban J connectivity index is 1.20. The van der Waals surface area contributed by atoms with Gasteiger partial charge in [0.2, 0.25) is 0 Å². The summed E-state index contributed by atoms with van der Waals surface area (Å²) >= 11 is 1.89. The molecule has 47 heavy (non-hydrogen) atoms. The van der Waals surface area contributed by atoms with Gasteiger partial charge >= 0.3 is 0 Å². The summed E-state index contributed by atoms with van der Waals surface area (Å²) in [6.45, 7) is 0. The van der Waals surface area contributed by atoms with E-state index in [2.05, 4.69) is 133 Å². The average molecular weight is 616 g/mol. The molecule has 0 aliphatic carbocycles. The standard InChI is InChI=1S/C43H25N3S/c1-2-9-29(10-3-1)41-44-42(32-19-14-26-8-4-5-11-30(26)24-32)46-43(45-41)33-21-22-34-31(25-33)18-17-27-15-16-28-20-23-36-35-12-6-7-13-37(35)47-40(36)39(28)38(27)34/h1-25H. The van der Waals surface area contributed by atoms with Gasteiger partial charge in [0.1, 0.15) is 0 Å². The van der Waals surface area contributed by atoms with Crippen LogP contribution in [0, 0.1) is 0 Å². The van der Waals surface area contributed by atoms with Crippen molar-refractivity contribution < 1.29 is 0 Å². The maximum Gasteiger partial charge on any atom is 0.164 e. The van der Waals surface area contributed by atoms with E-state index in [1.54, 1.807) is 0 Å². The molecule has 0 aliphatic heterocycles. The van der Waals surface area contributed by atoms with E-state index in [0.717, 1.165) is 27.5 Å². The van der Waals surface area contributed by atoms with Crippen molar-refractivity contribution >= 4 is 74.6 Å². The monoisotopic (exact) mass is 615 g/mol. The molecule has 0 aliphatic rings. The molecule has 0 atom stereocenters. The lowest BCUT2D eigenvalue weighted by atomic mass is 9.94. The molecular weight excluding hydrogens is 591 g/mol. The fraction of sp³-hybridized carbons (Fsp3) is 0. The number of benzene rings is 8. The zero-order valence-electron chi connectivity index (χ0n) is 25.2. The molecule has 0 fully saturated rings. The summed E-state index contributed by atoms with van der Waals surface area (Å²) in [5, 5.41) is 12.5. The molecule has 0 saturated carbocycles. The molecule has 0 spiro atoms. The van der Waals surface area contributed by atoms with Crippen LogP contribution in [0.3, 0.4) is 0 Å². The molecule has 2 aromatic heterocycles. The van der Waals surface area contributed by atoms with Gasteiger partial charge < -0.3 is 0 Å². The molecule has 4 heteroatoms. The lowest BCUT2D eigenvalue weighted by molar-refractivity contribution is 1.08. The van der Waals surface area contributed by atoms with Crippen LogP contribution >= 0.6 is 11.3 Å². The first-order valence-electron chi connectivity index (χ1n) is 15.8. The third-order valence-electron chi connectivity index (χ3n) is 9.26. The van der Waals surface area contributed by atoms with Crippen molar-refractivity contribution in [2.45, 2.75) is 0 Å². The Labute approximate surface area is 274 Å². The largest absolute Gasteiger partial charge is 0.208 e. The number of rotatable bonds is 3. The van der Waals surface area contributed by atoms with Crippen LogP contribution in [-0.4, -0.2) is 15.0 Å². The number of hydrogen-bond donors (Lipinski definition) is 0. The molecule has 10 rings (SSSR count). The number of thiophene rings is 1. The predicted molar refractivity (Wildman–Crippen MR) is 199 cm³/mol. The number of hydrogen-bond acceptors (Lipinski definition) is 4. The third kappa shape index (κ3) is 4.23. The van der Waals surface area contributed by atoms with E-state index in [1.165, 1.54) is 52.5 Å². The van der Waals surface area contributed by atoms with Gasteiger partial charge in [-0.3, -0.25) is 0 Å². The predicted octanol–water partition coefficient (Wildman–Crippen LogP) is 11.9. The van der Waals surface area contributed by atoms with Crippen molar-refractivity contribution in [1.82, 2.24) is 15.0 Å². The second-order valence-electron chi connectivity index (χ2n) is 12.0. The third-order valence-corrected chi connectivity index (χ3v) is 10.5. The second-order valence-corrected chi connectivity index (χ2v) is 13.1. The van der Waals surface area contributed by atoms with E-state index in [1.807, 2.05) is 29.5 Å². The number of fused-ring (bicyclic) bond motifs is 10. The maximum atomic E-state index is 5.07. The SMILES string of the molecule is c1ccc(-c2nc(-c3ccc4ccccc4c3)nc(-c3ccc4c(ccc5ccc6ccc7c8ccccc8sc7c6c54)c3)n2)cc1. The molecule has 8 aromatic carbocycles. The minimum absolute atomic E-state index is 0.661. The highest BCUT2D eigenvalue weighted by Crippen LogP contribution is 2.43. The Hall–Kier alpha value is -5.97. The van der Waals surface area contributed by atoms with Crippen molar-refractivity contribution in [2.24, 2.45) is 0 Å². The Morgan fingerprint density at radius 1 is 0.340 bits per heavy atom. The molecule has 0 N–H and O–H groups in total. The fourth-order valence-corrected chi connectivity index (χ4v) is 8.23. The van der Waals surface area contributed by atoms with Gasteiger partial charge in [0.25, 0.3) is 0 Å². The van der Waals surface area contributed by atoms with Crippen LogP contribution in [0.25, 0.3) is 97.4 Å². The highest BCUT2D eigenvalue weighted by Gasteiger charge is 2.16. The van der Waals surface area contributed by atoms with Gasteiger partial charge in [-0.05, 0) is 55.9 Å².